The second kappa shape index (κ2) is 10.8. The summed E-state index contributed by atoms with van der Waals surface area (Å²) in [5.41, 5.74) is 1.68. The molecule has 1 N–H and O–H groups in total. The van der Waals surface area contributed by atoms with E-state index in [0.717, 1.165) is 16.5 Å². The smallest absolute Gasteiger partial charge is 0.263 e. The molecule has 36 heavy (non-hydrogen) atoms. The van der Waals surface area contributed by atoms with E-state index in [-0.39, 0.29) is 29.1 Å². The van der Waals surface area contributed by atoms with Crippen LogP contribution in [-0.2, 0) is 10.0 Å². The third-order valence-electron chi connectivity index (χ3n) is 4.93. The van der Waals surface area contributed by atoms with E-state index >= 15 is 0 Å². The Hall–Kier alpha value is -4.51. The molecule has 0 aliphatic carbocycles. The van der Waals surface area contributed by atoms with Crippen LogP contribution in [0.25, 0.3) is 17.7 Å². The first-order valence-corrected chi connectivity index (χ1v) is 12.3. The molecule has 11 heteroatoms. The number of hydrogen-bond acceptors (Lipinski definition) is 9. The predicted molar refractivity (Wildman–Crippen MR) is 135 cm³/mol. The molecule has 184 valence electrons. The van der Waals surface area contributed by atoms with Gasteiger partial charge in [-0.3, -0.25) is 4.72 Å². The highest BCUT2D eigenvalue weighted by Gasteiger charge is 2.23. The SMILES string of the molecule is COc1ccccc1Oc1c(NS(=O)(=O)C=Cc2ccccc2C)nc(-c2ncccn2)nc1OC. The van der Waals surface area contributed by atoms with Crippen LogP contribution in [-0.4, -0.2) is 42.6 Å². The molecular weight excluding hydrogens is 482 g/mol. The fourth-order valence-corrected chi connectivity index (χ4v) is 3.96. The largest absolute Gasteiger partial charge is 0.493 e. The molecule has 0 spiro atoms. The van der Waals surface area contributed by atoms with Gasteiger partial charge in [0.05, 0.1) is 19.6 Å². The van der Waals surface area contributed by atoms with Crippen LogP contribution >= 0.6 is 0 Å². The van der Waals surface area contributed by atoms with Gasteiger partial charge in [0.15, 0.2) is 23.1 Å². The Morgan fingerprint density at radius 2 is 1.53 bits per heavy atom. The molecule has 0 aliphatic heterocycles. The van der Waals surface area contributed by atoms with Gasteiger partial charge in [0.1, 0.15) is 0 Å². The molecule has 10 nitrogen and oxygen atoms in total. The molecule has 0 unspecified atom stereocenters. The summed E-state index contributed by atoms with van der Waals surface area (Å²) in [5.74, 6) is 0.693. The fourth-order valence-electron chi connectivity index (χ4n) is 3.16. The Kier molecular flexibility index (Phi) is 7.40. The summed E-state index contributed by atoms with van der Waals surface area (Å²) >= 11 is 0. The van der Waals surface area contributed by atoms with E-state index in [1.54, 1.807) is 30.3 Å². The van der Waals surface area contributed by atoms with Crippen LogP contribution in [0, 0.1) is 6.92 Å². The Morgan fingerprint density at radius 1 is 0.833 bits per heavy atom. The van der Waals surface area contributed by atoms with E-state index in [1.807, 2.05) is 31.2 Å². The van der Waals surface area contributed by atoms with Crippen molar-refractivity contribution in [2.75, 3.05) is 18.9 Å². The topological polar surface area (TPSA) is 125 Å². The zero-order chi connectivity index (χ0) is 25.5. The highest BCUT2D eigenvalue weighted by atomic mass is 32.2. The maximum atomic E-state index is 13.0. The average Bonchev–Trinajstić information content (AvgIpc) is 2.89. The molecule has 0 saturated carbocycles. The molecule has 0 bridgehead atoms. The minimum absolute atomic E-state index is 0.0288. The first kappa shape index (κ1) is 24.6. The number of aromatic nitrogens is 4. The van der Waals surface area contributed by atoms with Gasteiger partial charge in [-0.1, -0.05) is 36.4 Å². The highest BCUT2D eigenvalue weighted by molar-refractivity contribution is 7.95. The van der Waals surface area contributed by atoms with Crippen LogP contribution < -0.4 is 18.9 Å². The van der Waals surface area contributed by atoms with Crippen molar-refractivity contribution in [3.8, 4) is 34.8 Å². The molecule has 2 heterocycles. The quantitative estimate of drug-likeness (QED) is 0.351. The number of sulfonamides is 1. The van der Waals surface area contributed by atoms with Crippen LogP contribution in [0.15, 0.2) is 72.4 Å². The zero-order valence-corrected chi connectivity index (χ0v) is 20.6. The van der Waals surface area contributed by atoms with Gasteiger partial charge in [-0.05, 0) is 42.3 Å². The molecule has 0 radical (unpaired) electrons. The standard InChI is InChI=1S/C25H23N5O5S/c1-17-9-4-5-10-18(17)13-16-36(31,32)30-22-21(35-20-12-7-6-11-19(20)33-2)25(34-3)29-24(28-22)23-26-14-8-15-27-23/h4-16H,1-3H3,(H,28,29,30). The lowest BCUT2D eigenvalue weighted by atomic mass is 10.1. The fraction of sp³-hybridized carbons (Fsp3) is 0.120. The van der Waals surface area contributed by atoms with E-state index in [1.165, 1.54) is 32.7 Å². The lowest BCUT2D eigenvalue weighted by molar-refractivity contribution is 0.348. The number of anilines is 1. The number of aryl methyl sites for hydroxylation is 1. The monoisotopic (exact) mass is 505 g/mol. The molecule has 2 aromatic carbocycles. The maximum Gasteiger partial charge on any atom is 0.263 e. The molecule has 4 rings (SSSR count). The van der Waals surface area contributed by atoms with Gasteiger partial charge in [0.2, 0.25) is 11.6 Å². The van der Waals surface area contributed by atoms with Gasteiger partial charge in [-0.25, -0.2) is 23.4 Å². The van der Waals surface area contributed by atoms with Gasteiger partial charge < -0.3 is 14.2 Å². The van der Waals surface area contributed by atoms with Crippen molar-refractivity contribution in [1.29, 1.82) is 0 Å². The average molecular weight is 506 g/mol. The Labute approximate surface area is 208 Å². The summed E-state index contributed by atoms with van der Waals surface area (Å²) in [5, 5.41) is 1.05. The third-order valence-corrected chi connectivity index (χ3v) is 5.90. The van der Waals surface area contributed by atoms with Gasteiger partial charge in [0, 0.05) is 12.4 Å². The van der Waals surface area contributed by atoms with Crippen LogP contribution in [0.1, 0.15) is 11.1 Å². The minimum Gasteiger partial charge on any atom is -0.493 e. The second-order valence-electron chi connectivity index (χ2n) is 7.37. The summed E-state index contributed by atoms with van der Waals surface area (Å²) in [6.07, 6.45) is 4.54. The van der Waals surface area contributed by atoms with Crippen LogP contribution in [0.2, 0.25) is 0 Å². The molecule has 4 aromatic rings. The lowest BCUT2D eigenvalue weighted by Gasteiger charge is -2.16. The first-order chi connectivity index (χ1) is 17.4. The summed E-state index contributed by atoms with van der Waals surface area (Å²) in [6.45, 7) is 1.89. The van der Waals surface area contributed by atoms with Crippen molar-refractivity contribution in [2.45, 2.75) is 6.92 Å². The minimum atomic E-state index is -4.03. The summed E-state index contributed by atoms with van der Waals surface area (Å²) in [7, 11) is -1.16. The van der Waals surface area contributed by atoms with Crippen LogP contribution in [0.4, 0.5) is 5.82 Å². The molecule has 0 saturated heterocycles. The molecule has 0 fully saturated rings. The van der Waals surface area contributed by atoms with Crippen molar-refractivity contribution >= 4 is 21.9 Å². The Balaban J connectivity index is 1.80. The molecule has 0 amide bonds. The number of nitrogens with zero attached hydrogens (tertiary/aromatic N) is 4. The lowest BCUT2D eigenvalue weighted by Crippen LogP contribution is -2.13. The number of ether oxygens (including phenoxy) is 3. The third kappa shape index (κ3) is 5.76. The van der Waals surface area contributed by atoms with E-state index in [2.05, 4.69) is 24.7 Å². The van der Waals surface area contributed by atoms with Gasteiger partial charge in [-0.15, -0.1) is 0 Å². The van der Waals surface area contributed by atoms with Crippen molar-refractivity contribution in [3.63, 3.8) is 0 Å². The Morgan fingerprint density at radius 3 is 2.22 bits per heavy atom. The zero-order valence-electron chi connectivity index (χ0n) is 19.7. The van der Waals surface area contributed by atoms with E-state index in [0.29, 0.717) is 11.5 Å². The number of benzene rings is 2. The van der Waals surface area contributed by atoms with Crippen LogP contribution in [0.5, 0.6) is 23.1 Å². The summed E-state index contributed by atoms with van der Waals surface area (Å²) < 4.78 is 45.3. The highest BCUT2D eigenvalue weighted by Crippen LogP contribution is 2.40. The number of nitrogens with one attached hydrogen (secondary N) is 1. The van der Waals surface area contributed by atoms with Crippen molar-refractivity contribution in [2.24, 2.45) is 0 Å². The van der Waals surface area contributed by atoms with Crippen molar-refractivity contribution in [1.82, 2.24) is 19.9 Å². The maximum absolute atomic E-state index is 13.0. The first-order valence-electron chi connectivity index (χ1n) is 10.7. The van der Waals surface area contributed by atoms with Gasteiger partial charge in [0.25, 0.3) is 15.9 Å². The van der Waals surface area contributed by atoms with E-state index in [4.69, 9.17) is 14.2 Å². The van der Waals surface area contributed by atoms with Gasteiger partial charge in [-0.2, -0.15) is 4.98 Å². The number of rotatable bonds is 9. The van der Waals surface area contributed by atoms with Crippen molar-refractivity contribution < 1.29 is 22.6 Å². The van der Waals surface area contributed by atoms with Gasteiger partial charge >= 0.3 is 0 Å². The Bertz CT molecular complexity index is 1490. The van der Waals surface area contributed by atoms with E-state index < -0.39 is 10.0 Å². The normalized spacial score (nSPS) is 11.3. The molecule has 0 atom stereocenters. The summed E-state index contributed by atoms with van der Waals surface area (Å²) in [4.78, 5) is 17.0. The number of hydrogen-bond donors (Lipinski definition) is 1. The van der Waals surface area contributed by atoms with E-state index in [9.17, 15) is 8.42 Å². The number of para-hydroxylation sites is 2. The summed E-state index contributed by atoms with van der Waals surface area (Å²) in [6, 6.07) is 15.9. The second-order valence-corrected chi connectivity index (χ2v) is 8.93. The molecular formula is C25H23N5O5S. The predicted octanol–water partition coefficient (Wildman–Crippen LogP) is 4.46. The molecule has 0 aliphatic rings. The van der Waals surface area contributed by atoms with Crippen molar-refractivity contribution in [3.05, 3.63) is 83.5 Å². The molecule has 2 aromatic heterocycles. The van der Waals surface area contributed by atoms with Crippen LogP contribution in [0.3, 0.4) is 0 Å². The number of methoxy groups -OCH3 is 2.